The number of nitrogens with zero attached hydrogens (tertiary/aromatic N) is 1. The van der Waals surface area contributed by atoms with Crippen LogP contribution in [0, 0.1) is 0 Å². The molecule has 0 bridgehead atoms. The summed E-state index contributed by atoms with van der Waals surface area (Å²) in [6, 6.07) is 81.9. The van der Waals surface area contributed by atoms with Crippen molar-refractivity contribution in [3.8, 4) is 33.4 Å². The fourth-order valence-electron chi connectivity index (χ4n) is 8.70. The van der Waals surface area contributed by atoms with Crippen molar-refractivity contribution in [2.24, 2.45) is 0 Å². The average molecular weight is 688 g/mol. The first-order chi connectivity index (χ1) is 26.8. The Labute approximate surface area is 317 Å². The van der Waals surface area contributed by atoms with Gasteiger partial charge < -0.3 is 4.90 Å². The van der Waals surface area contributed by atoms with Crippen molar-refractivity contribution in [3.05, 3.63) is 247 Å². The second kappa shape index (κ2) is 13.2. The maximum atomic E-state index is 2.43. The minimum absolute atomic E-state index is 0.477. The molecule has 0 N–H and O–H groups in total. The maximum absolute atomic E-state index is 2.43. The highest BCUT2D eigenvalue weighted by atomic mass is 15.1. The Kier molecular flexibility index (Phi) is 7.78. The number of fused-ring (bicyclic) bond motifs is 5. The lowest BCUT2D eigenvalue weighted by molar-refractivity contribution is 0.769. The third kappa shape index (κ3) is 5.17. The summed E-state index contributed by atoms with van der Waals surface area (Å²) in [5.41, 5.74) is 15.4. The van der Waals surface area contributed by atoms with Crippen molar-refractivity contribution in [1.29, 1.82) is 0 Å². The van der Waals surface area contributed by atoms with Gasteiger partial charge in [-0.3, -0.25) is 0 Å². The summed E-state index contributed by atoms with van der Waals surface area (Å²) in [4.78, 5) is 2.40. The third-order valence-corrected chi connectivity index (χ3v) is 11.1. The maximum Gasteiger partial charge on any atom is 0.0713 e. The van der Waals surface area contributed by atoms with Gasteiger partial charge in [0.05, 0.1) is 5.41 Å². The van der Waals surface area contributed by atoms with Crippen molar-refractivity contribution >= 4 is 27.8 Å². The van der Waals surface area contributed by atoms with E-state index in [1.807, 2.05) is 0 Å². The molecule has 9 aromatic carbocycles. The number of anilines is 3. The molecule has 9 aromatic rings. The minimum atomic E-state index is -0.477. The molecule has 0 unspecified atom stereocenters. The van der Waals surface area contributed by atoms with Crippen LogP contribution in [-0.4, -0.2) is 0 Å². The van der Waals surface area contributed by atoms with Crippen LogP contribution in [0.1, 0.15) is 22.3 Å². The lowest BCUT2D eigenvalue weighted by Crippen LogP contribution is -2.28. The molecule has 0 radical (unpaired) electrons. The van der Waals surface area contributed by atoms with Crippen LogP contribution in [-0.2, 0) is 5.41 Å². The predicted molar refractivity (Wildman–Crippen MR) is 227 cm³/mol. The molecule has 0 atom stereocenters. The molecule has 0 heterocycles. The van der Waals surface area contributed by atoms with E-state index in [0.717, 1.165) is 17.1 Å². The Morgan fingerprint density at radius 1 is 0.315 bits per heavy atom. The fraction of sp³-hybridized carbons (Fsp3) is 0.0189. The van der Waals surface area contributed by atoms with Gasteiger partial charge in [-0.1, -0.05) is 188 Å². The Bertz CT molecular complexity index is 2600. The van der Waals surface area contributed by atoms with E-state index in [0.29, 0.717) is 0 Å². The van der Waals surface area contributed by atoms with Crippen LogP contribution in [0.5, 0.6) is 0 Å². The molecule has 0 aromatic heterocycles. The molecule has 1 aliphatic carbocycles. The first-order valence-corrected chi connectivity index (χ1v) is 18.7. The fourth-order valence-corrected chi connectivity index (χ4v) is 8.70. The van der Waals surface area contributed by atoms with Gasteiger partial charge in [0.15, 0.2) is 0 Å². The molecule has 0 spiro atoms. The van der Waals surface area contributed by atoms with E-state index < -0.39 is 5.41 Å². The summed E-state index contributed by atoms with van der Waals surface area (Å²) < 4.78 is 0. The van der Waals surface area contributed by atoms with E-state index in [9.17, 15) is 0 Å². The van der Waals surface area contributed by atoms with Gasteiger partial charge >= 0.3 is 0 Å². The van der Waals surface area contributed by atoms with Gasteiger partial charge in [-0.15, -0.1) is 0 Å². The summed E-state index contributed by atoms with van der Waals surface area (Å²) in [7, 11) is 0. The van der Waals surface area contributed by atoms with Gasteiger partial charge in [0.1, 0.15) is 0 Å². The molecule has 254 valence electrons. The van der Waals surface area contributed by atoms with E-state index in [4.69, 9.17) is 0 Å². The SMILES string of the molecule is c1ccc(-c2ccc(N(c3ccc(-c4ccccc4)cc3)c3ccc4c(c3)-c3c(ccc5ccccc35)C4(c3ccccc3)c3ccccc3)cc2)cc1. The standard InChI is InChI=1S/C53H37N/c1-5-15-38(16-6-1)40-25-30-45(31-26-40)54(46-32-27-41(28-33-46)39-17-7-2-8-18-39)47-34-36-50-49(37-47)52-48-24-14-13-19-42(48)29-35-51(52)53(50,43-20-9-3-10-21-43)44-22-11-4-12-23-44/h1-37H. The van der Waals surface area contributed by atoms with Gasteiger partial charge in [0, 0.05) is 17.1 Å². The predicted octanol–water partition coefficient (Wildman–Crippen LogP) is 14.0. The summed E-state index contributed by atoms with van der Waals surface area (Å²) in [6.45, 7) is 0. The summed E-state index contributed by atoms with van der Waals surface area (Å²) in [5.74, 6) is 0. The van der Waals surface area contributed by atoms with Crippen LogP contribution in [0.4, 0.5) is 17.1 Å². The molecule has 10 rings (SSSR count). The number of hydrogen-bond acceptors (Lipinski definition) is 1. The molecule has 1 nitrogen and oxygen atoms in total. The van der Waals surface area contributed by atoms with Gasteiger partial charge in [0.25, 0.3) is 0 Å². The first-order valence-electron chi connectivity index (χ1n) is 18.7. The van der Waals surface area contributed by atoms with Crippen molar-refractivity contribution < 1.29 is 0 Å². The van der Waals surface area contributed by atoms with E-state index in [-0.39, 0.29) is 0 Å². The van der Waals surface area contributed by atoms with Crippen LogP contribution < -0.4 is 4.90 Å². The summed E-state index contributed by atoms with van der Waals surface area (Å²) in [6.07, 6.45) is 0. The van der Waals surface area contributed by atoms with Crippen LogP contribution in [0.15, 0.2) is 224 Å². The Morgan fingerprint density at radius 3 is 1.28 bits per heavy atom. The molecule has 1 aliphatic rings. The molecule has 0 saturated carbocycles. The normalized spacial score (nSPS) is 12.6. The highest BCUT2D eigenvalue weighted by molar-refractivity contribution is 6.05. The molecule has 0 amide bonds. The summed E-state index contributed by atoms with van der Waals surface area (Å²) >= 11 is 0. The zero-order valence-electron chi connectivity index (χ0n) is 29.8. The van der Waals surface area contributed by atoms with E-state index in [1.165, 1.54) is 66.4 Å². The lowest BCUT2D eigenvalue weighted by atomic mass is 9.67. The van der Waals surface area contributed by atoms with Gasteiger partial charge in [-0.25, -0.2) is 0 Å². The zero-order chi connectivity index (χ0) is 35.9. The molecular weight excluding hydrogens is 651 g/mol. The van der Waals surface area contributed by atoms with Crippen molar-refractivity contribution in [3.63, 3.8) is 0 Å². The van der Waals surface area contributed by atoms with Gasteiger partial charge in [0.2, 0.25) is 0 Å². The Morgan fingerprint density at radius 2 is 0.741 bits per heavy atom. The molecule has 1 heteroatoms. The monoisotopic (exact) mass is 687 g/mol. The second-order valence-electron chi connectivity index (χ2n) is 14.1. The van der Waals surface area contributed by atoms with Crippen LogP contribution in [0.25, 0.3) is 44.2 Å². The quantitative estimate of drug-likeness (QED) is 0.161. The smallest absolute Gasteiger partial charge is 0.0713 e. The molecule has 0 fully saturated rings. The van der Waals surface area contributed by atoms with E-state index in [2.05, 4.69) is 229 Å². The number of benzene rings is 9. The topological polar surface area (TPSA) is 3.24 Å². The minimum Gasteiger partial charge on any atom is -0.310 e. The Balaban J connectivity index is 1.21. The molecular formula is C53H37N. The van der Waals surface area contributed by atoms with Gasteiger partial charge in [-0.2, -0.15) is 0 Å². The van der Waals surface area contributed by atoms with Gasteiger partial charge in [-0.05, 0) is 103 Å². The zero-order valence-corrected chi connectivity index (χ0v) is 29.8. The third-order valence-electron chi connectivity index (χ3n) is 11.1. The van der Waals surface area contributed by atoms with E-state index >= 15 is 0 Å². The lowest BCUT2D eigenvalue weighted by Gasteiger charge is -2.34. The van der Waals surface area contributed by atoms with Crippen LogP contribution in [0.3, 0.4) is 0 Å². The average Bonchev–Trinajstić information content (AvgIpc) is 3.56. The van der Waals surface area contributed by atoms with Crippen molar-refractivity contribution in [1.82, 2.24) is 0 Å². The number of rotatable bonds is 7. The second-order valence-corrected chi connectivity index (χ2v) is 14.1. The first kappa shape index (κ1) is 31.7. The van der Waals surface area contributed by atoms with Crippen LogP contribution >= 0.6 is 0 Å². The molecule has 0 saturated heterocycles. The van der Waals surface area contributed by atoms with E-state index in [1.54, 1.807) is 0 Å². The highest BCUT2D eigenvalue weighted by Crippen LogP contribution is 2.58. The molecule has 0 aliphatic heterocycles. The van der Waals surface area contributed by atoms with Crippen molar-refractivity contribution in [2.75, 3.05) is 4.90 Å². The number of hydrogen-bond donors (Lipinski definition) is 0. The molecule has 54 heavy (non-hydrogen) atoms. The summed E-state index contributed by atoms with van der Waals surface area (Å²) in [5, 5.41) is 2.52. The highest BCUT2D eigenvalue weighted by Gasteiger charge is 2.46. The van der Waals surface area contributed by atoms with Crippen LogP contribution in [0.2, 0.25) is 0 Å². The Hall–Kier alpha value is -6.96. The largest absolute Gasteiger partial charge is 0.310 e. The van der Waals surface area contributed by atoms with Crippen molar-refractivity contribution in [2.45, 2.75) is 5.41 Å².